The van der Waals surface area contributed by atoms with E-state index in [0.29, 0.717) is 18.6 Å². The molecule has 0 spiro atoms. The van der Waals surface area contributed by atoms with E-state index >= 15 is 0 Å². The molecule has 1 atom stereocenters. The first-order chi connectivity index (χ1) is 9.74. The Bertz CT molecular complexity index is 470. The Morgan fingerprint density at radius 3 is 2.70 bits per heavy atom. The molecule has 1 heterocycles. The third kappa shape index (κ3) is 2.32. The van der Waals surface area contributed by atoms with Gasteiger partial charge in [0.25, 0.3) is 0 Å². The van der Waals surface area contributed by atoms with Gasteiger partial charge in [0.15, 0.2) is 0 Å². The molecule has 3 N–H and O–H groups in total. The fraction of sp³-hybridized carbons (Fsp3) is 0.625. The van der Waals surface area contributed by atoms with Crippen molar-refractivity contribution in [3.05, 3.63) is 29.3 Å². The summed E-state index contributed by atoms with van der Waals surface area (Å²) in [5.74, 6) is 0.972. The summed E-state index contributed by atoms with van der Waals surface area (Å²) in [4.78, 5) is 2.51. The van der Waals surface area contributed by atoms with Crippen LogP contribution in [0.15, 0.2) is 18.2 Å². The first-order valence-corrected chi connectivity index (χ1v) is 7.54. The maximum absolute atomic E-state index is 9.69. The van der Waals surface area contributed by atoms with Gasteiger partial charge in [0.2, 0.25) is 0 Å². The number of ether oxygens (including phenoxy) is 1. The highest BCUT2D eigenvalue weighted by Gasteiger charge is 2.36. The molecule has 3 rings (SSSR count). The maximum Gasteiger partial charge on any atom is 0.123 e. The van der Waals surface area contributed by atoms with Crippen LogP contribution >= 0.6 is 0 Å². The van der Waals surface area contributed by atoms with Crippen LogP contribution in [0.5, 0.6) is 5.75 Å². The minimum absolute atomic E-state index is 0.109. The third-order valence-corrected chi connectivity index (χ3v) is 4.85. The number of hydrogen-bond acceptors (Lipinski definition) is 4. The molecule has 1 fully saturated rings. The summed E-state index contributed by atoms with van der Waals surface area (Å²) in [5, 5.41) is 9.69. The van der Waals surface area contributed by atoms with Crippen LogP contribution in [0.2, 0.25) is 0 Å². The molecule has 0 radical (unpaired) electrons. The number of fused-ring (bicyclic) bond motifs is 1. The Morgan fingerprint density at radius 1 is 1.30 bits per heavy atom. The van der Waals surface area contributed by atoms with Gasteiger partial charge in [-0.15, -0.1) is 0 Å². The van der Waals surface area contributed by atoms with E-state index in [-0.39, 0.29) is 6.10 Å². The van der Waals surface area contributed by atoms with Crippen molar-refractivity contribution in [1.82, 2.24) is 4.90 Å². The van der Waals surface area contributed by atoms with E-state index in [9.17, 15) is 5.11 Å². The quantitative estimate of drug-likeness (QED) is 0.884. The van der Waals surface area contributed by atoms with E-state index in [1.165, 1.54) is 11.1 Å². The van der Waals surface area contributed by atoms with Crippen molar-refractivity contribution < 1.29 is 9.84 Å². The van der Waals surface area contributed by atoms with E-state index in [1.807, 2.05) is 6.07 Å². The summed E-state index contributed by atoms with van der Waals surface area (Å²) in [7, 11) is 1.73. The van der Waals surface area contributed by atoms with Gasteiger partial charge in [0.1, 0.15) is 5.75 Å². The molecule has 0 saturated heterocycles. The molecule has 1 aromatic rings. The normalized spacial score (nSPS) is 30.2. The lowest BCUT2D eigenvalue weighted by Gasteiger charge is -2.36. The van der Waals surface area contributed by atoms with Crippen molar-refractivity contribution in [2.75, 3.05) is 13.7 Å². The van der Waals surface area contributed by atoms with E-state index in [1.54, 1.807) is 7.11 Å². The lowest BCUT2D eigenvalue weighted by atomic mass is 9.91. The average molecular weight is 276 g/mol. The zero-order valence-electron chi connectivity index (χ0n) is 12.1. The zero-order valence-corrected chi connectivity index (χ0v) is 12.1. The second kappa shape index (κ2) is 5.72. The third-order valence-electron chi connectivity index (χ3n) is 4.85. The van der Waals surface area contributed by atoms with E-state index in [0.717, 1.165) is 38.0 Å². The molecule has 1 aliphatic heterocycles. The number of aliphatic hydroxyl groups is 1. The number of hydrogen-bond donors (Lipinski definition) is 2. The Labute approximate surface area is 120 Å². The molecule has 20 heavy (non-hydrogen) atoms. The van der Waals surface area contributed by atoms with E-state index < -0.39 is 0 Å². The standard InChI is InChI=1S/C16H24N2O2/c1-20-16-4-2-3-13-14(16)10-18(15(13)9-17)11-5-7-12(19)8-6-11/h2-4,11-12,15,19H,5-10,17H2,1H3. The van der Waals surface area contributed by atoms with Crippen LogP contribution in [0, 0.1) is 0 Å². The fourth-order valence-electron chi connectivity index (χ4n) is 3.76. The Hall–Kier alpha value is -1.10. The lowest BCUT2D eigenvalue weighted by Crippen LogP contribution is -2.40. The van der Waals surface area contributed by atoms with Crippen molar-refractivity contribution >= 4 is 0 Å². The van der Waals surface area contributed by atoms with E-state index in [4.69, 9.17) is 10.5 Å². The van der Waals surface area contributed by atoms with Gasteiger partial charge in [-0.3, -0.25) is 4.90 Å². The molecule has 1 aliphatic carbocycles. The zero-order chi connectivity index (χ0) is 14.1. The number of nitrogens with two attached hydrogens (primary N) is 1. The molecule has 110 valence electrons. The van der Waals surface area contributed by atoms with Crippen LogP contribution in [0.1, 0.15) is 42.9 Å². The largest absolute Gasteiger partial charge is 0.496 e. The van der Waals surface area contributed by atoms with Crippen molar-refractivity contribution in [1.29, 1.82) is 0 Å². The van der Waals surface area contributed by atoms with Gasteiger partial charge in [-0.25, -0.2) is 0 Å². The SMILES string of the molecule is COc1cccc2c1CN(C1CCC(O)CC1)C2CN. The molecule has 1 unspecified atom stereocenters. The van der Waals surface area contributed by atoms with Crippen LogP contribution < -0.4 is 10.5 Å². The highest BCUT2D eigenvalue weighted by atomic mass is 16.5. The lowest BCUT2D eigenvalue weighted by molar-refractivity contribution is 0.0570. The second-order valence-electron chi connectivity index (χ2n) is 5.91. The number of benzene rings is 1. The van der Waals surface area contributed by atoms with Crippen molar-refractivity contribution in [3.63, 3.8) is 0 Å². The average Bonchev–Trinajstić information content (AvgIpc) is 2.86. The minimum atomic E-state index is -0.109. The van der Waals surface area contributed by atoms with Gasteiger partial charge < -0.3 is 15.6 Å². The van der Waals surface area contributed by atoms with Gasteiger partial charge in [0.05, 0.1) is 13.2 Å². The summed E-state index contributed by atoms with van der Waals surface area (Å²) >= 11 is 0. The first kappa shape index (κ1) is 13.9. The van der Waals surface area contributed by atoms with Crippen molar-refractivity contribution in [3.8, 4) is 5.75 Å². The van der Waals surface area contributed by atoms with Crippen molar-refractivity contribution in [2.45, 2.75) is 50.4 Å². The maximum atomic E-state index is 9.69. The van der Waals surface area contributed by atoms with Crippen LogP contribution in [-0.2, 0) is 6.54 Å². The van der Waals surface area contributed by atoms with Gasteiger partial charge in [-0.05, 0) is 37.3 Å². The minimum Gasteiger partial charge on any atom is -0.496 e. The number of aliphatic hydroxyl groups excluding tert-OH is 1. The van der Waals surface area contributed by atoms with Gasteiger partial charge >= 0.3 is 0 Å². The fourth-order valence-corrected chi connectivity index (χ4v) is 3.76. The molecule has 4 nitrogen and oxygen atoms in total. The molecule has 1 aromatic carbocycles. The summed E-state index contributed by atoms with van der Waals surface area (Å²) in [6, 6.07) is 7.08. The highest BCUT2D eigenvalue weighted by molar-refractivity contribution is 5.45. The molecule has 0 aromatic heterocycles. The number of methoxy groups -OCH3 is 1. The summed E-state index contributed by atoms with van der Waals surface area (Å²) in [6.45, 7) is 1.56. The number of nitrogens with zero attached hydrogens (tertiary/aromatic N) is 1. The molecule has 4 heteroatoms. The Balaban J connectivity index is 1.84. The first-order valence-electron chi connectivity index (χ1n) is 7.54. The Kier molecular flexibility index (Phi) is 3.96. The molecule has 0 amide bonds. The van der Waals surface area contributed by atoms with E-state index in [2.05, 4.69) is 17.0 Å². The Morgan fingerprint density at radius 2 is 2.05 bits per heavy atom. The number of rotatable bonds is 3. The predicted molar refractivity (Wildman–Crippen MR) is 78.6 cm³/mol. The van der Waals surface area contributed by atoms with Gasteiger partial charge in [-0.2, -0.15) is 0 Å². The topological polar surface area (TPSA) is 58.7 Å². The van der Waals surface area contributed by atoms with Crippen LogP contribution in [-0.4, -0.2) is 35.8 Å². The van der Waals surface area contributed by atoms with Gasteiger partial charge in [0, 0.05) is 30.7 Å². The van der Waals surface area contributed by atoms with Crippen LogP contribution in [0.25, 0.3) is 0 Å². The molecule has 0 bridgehead atoms. The smallest absolute Gasteiger partial charge is 0.123 e. The molecule has 1 saturated carbocycles. The summed E-state index contributed by atoms with van der Waals surface area (Å²) in [5.41, 5.74) is 8.64. The molecular weight excluding hydrogens is 252 g/mol. The monoisotopic (exact) mass is 276 g/mol. The predicted octanol–water partition coefficient (Wildman–Crippen LogP) is 1.81. The summed E-state index contributed by atoms with van der Waals surface area (Å²) in [6.07, 6.45) is 3.84. The molecular formula is C16H24N2O2. The van der Waals surface area contributed by atoms with Crippen molar-refractivity contribution in [2.24, 2.45) is 5.73 Å². The second-order valence-corrected chi connectivity index (χ2v) is 5.91. The van der Waals surface area contributed by atoms with Crippen LogP contribution in [0.3, 0.4) is 0 Å². The highest BCUT2D eigenvalue weighted by Crippen LogP contribution is 2.41. The van der Waals surface area contributed by atoms with Crippen LogP contribution in [0.4, 0.5) is 0 Å². The summed E-state index contributed by atoms with van der Waals surface area (Å²) < 4.78 is 5.50. The molecule has 2 aliphatic rings. The van der Waals surface area contributed by atoms with Gasteiger partial charge in [-0.1, -0.05) is 12.1 Å².